The van der Waals surface area contributed by atoms with E-state index < -0.39 is 11.6 Å². The highest BCUT2D eigenvalue weighted by atomic mass is 16.5. The van der Waals surface area contributed by atoms with Gasteiger partial charge in [-0.3, -0.25) is 15.0 Å². The number of ketones is 1. The highest BCUT2D eigenvalue weighted by Crippen LogP contribution is 2.37. The molecule has 1 heterocycles. The lowest BCUT2D eigenvalue weighted by Crippen LogP contribution is -2.39. The summed E-state index contributed by atoms with van der Waals surface area (Å²) >= 11 is 0. The van der Waals surface area contributed by atoms with E-state index in [0.29, 0.717) is 23.7 Å². The third-order valence-corrected chi connectivity index (χ3v) is 4.97. The zero-order valence-electron chi connectivity index (χ0n) is 15.7. The summed E-state index contributed by atoms with van der Waals surface area (Å²) in [6.07, 6.45) is 6.81. The number of benzene rings is 1. The van der Waals surface area contributed by atoms with Gasteiger partial charge in [-0.25, -0.2) is 0 Å². The average Bonchev–Trinajstić information content (AvgIpc) is 2.65. The molecule has 2 unspecified atom stereocenters. The van der Waals surface area contributed by atoms with Gasteiger partial charge in [-0.15, -0.1) is 0 Å². The Hall–Kier alpha value is -3.09. The van der Waals surface area contributed by atoms with Gasteiger partial charge in [0.2, 0.25) is 0 Å². The molecule has 148 valence electrons. The number of carboxylic acids is 1. The summed E-state index contributed by atoms with van der Waals surface area (Å²) in [5.41, 5.74) is 5.84. The van der Waals surface area contributed by atoms with Crippen LogP contribution >= 0.6 is 0 Å². The van der Waals surface area contributed by atoms with Crippen molar-refractivity contribution < 1.29 is 24.2 Å². The van der Waals surface area contributed by atoms with Crippen LogP contribution in [0.2, 0.25) is 0 Å². The van der Waals surface area contributed by atoms with Gasteiger partial charge in [-0.2, -0.15) is 0 Å². The second kappa shape index (κ2) is 7.88. The van der Waals surface area contributed by atoms with Crippen molar-refractivity contribution in [3.63, 3.8) is 0 Å². The van der Waals surface area contributed by atoms with Crippen molar-refractivity contribution in [3.8, 4) is 11.5 Å². The highest BCUT2D eigenvalue weighted by molar-refractivity contribution is 6.00. The summed E-state index contributed by atoms with van der Waals surface area (Å²) in [7, 11) is 0. The number of amidine groups is 1. The third kappa shape index (κ3) is 4.60. The lowest BCUT2D eigenvalue weighted by Gasteiger charge is -2.34. The first-order valence-corrected chi connectivity index (χ1v) is 9.19. The number of fused-ring (bicyclic) bond motifs is 1. The first-order valence-electron chi connectivity index (χ1n) is 9.19. The van der Waals surface area contributed by atoms with E-state index in [1.165, 1.54) is 0 Å². The van der Waals surface area contributed by atoms with E-state index in [4.69, 9.17) is 25.7 Å². The van der Waals surface area contributed by atoms with Crippen LogP contribution in [0.5, 0.6) is 11.5 Å². The molecule has 0 spiro atoms. The molecule has 4 N–H and O–H groups in total. The first-order chi connectivity index (χ1) is 13.3. The lowest BCUT2D eigenvalue weighted by molar-refractivity contribution is -0.138. The molecule has 0 aromatic heterocycles. The first kappa shape index (κ1) is 19.7. The molecule has 7 nitrogen and oxygen atoms in total. The molecule has 0 saturated carbocycles. The summed E-state index contributed by atoms with van der Waals surface area (Å²) in [4.78, 5) is 23.4. The number of rotatable bonds is 7. The Morgan fingerprint density at radius 1 is 1.46 bits per heavy atom. The molecule has 1 aliphatic heterocycles. The fraction of sp³-hybridized carbons (Fsp3) is 0.381. The Morgan fingerprint density at radius 3 is 2.89 bits per heavy atom. The Balaban J connectivity index is 1.62. The number of ether oxygens (including phenoxy) is 2. The quantitative estimate of drug-likeness (QED) is 0.490. The van der Waals surface area contributed by atoms with E-state index in [1.807, 2.05) is 18.2 Å². The molecular weight excluding hydrogens is 360 g/mol. The number of allylic oxidation sites excluding steroid dienone is 1. The molecule has 1 aromatic carbocycles. The molecule has 3 rings (SSSR count). The van der Waals surface area contributed by atoms with Crippen molar-refractivity contribution in [2.75, 3.05) is 6.61 Å². The van der Waals surface area contributed by atoms with Crippen molar-refractivity contribution in [2.45, 2.75) is 38.2 Å². The summed E-state index contributed by atoms with van der Waals surface area (Å²) in [6, 6.07) is 5.13. The largest absolute Gasteiger partial charge is 0.493 e. The van der Waals surface area contributed by atoms with Crippen molar-refractivity contribution in [1.82, 2.24) is 0 Å². The van der Waals surface area contributed by atoms with Gasteiger partial charge in [0.1, 0.15) is 22.9 Å². The van der Waals surface area contributed by atoms with E-state index in [-0.39, 0.29) is 36.8 Å². The van der Waals surface area contributed by atoms with Crippen molar-refractivity contribution in [2.24, 2.45) is 11.7 Å². The second-order valence-electron chi connectivity index (χ2n) is 7.44. The van der Waals surface area contributed by atoms with Crippen LogP contribution in [0.1, 0.15) is 43.0 Å². The molecule has 0 radical (unpaired) electrons. The molecule has 7 heteroatoms. The molecule has 0 saturated heterocycles. The molecule has 1 aliphatic carbocycles. The zero-order chi connectivity index (χ0) is 20.3. The van der Waals surface area contributed by atoms with E-state index >= 15 is 0 Å². The fourth-order valence-electron chi connectivity index (χ4n) is 3.34. The van der Waals surface area contributed by atoms with Crippen LogP contribution in [0.25, 0.3) is 0 Å². The standard InChI is InChI=1S/C21H24N2O5/c1-21(9-8-19(25)26)11-17(24)16-10-15(6-7-18(16)28-21)27-12-13-2-4-14(5-3-13)20(22)23/h2,4-7,10,13H,3,8-9,11-12H2,1H3,(H3,22,23)(H,25,26). The van der Waals surface area contributed by atoms with Crippen molar-refractivity contribution in [1.29, 1.82) is 5.41 Å². The number of nitrogens with one attached hydrogen (secondary N) is 1. The number of carboxylic acid groups (broad SMARTS) is 1. The summed E-state index contributed by atoms with van der Waals surface area (Å²) in [6.45, 7) is 2.21. The normalized spacial score (nSPS) is 23.4. The van der Waals surface area contributed by atoms with Crippen LogP contribution in [0.4, 0.5) is 0 Å². The van der Waals surface area contributed by atoms with Gasteiger partial charge in [-0.1, -0.05) is 18.2 Å². The Labute approximate surface area is 163 Å². The molecule has 0 fully saturated rings. The monoisotopic (exact) mass is 384 g/mol. The van der Waals surface area contributed by atoms with Gasteiger partial charge >= 0.3 is 5.97 Å². The van der Waals surface area contributed by atoms with Gasteiger partial charge in [0, 0.05) is 17.9 Å². The maximum Gasteiger partial charge on any atom is 0.303 e. The summed E-state index contributed by atoms with van der Waals surface area (Å²) in [5.74, 6) is 0.285. The molecule has 0 bridgehead atoms. The van der Waals surface area contributed by atoms with Crippen LogP contribution < -0.4 is 15.2 Å². The van der Waals surface area contributed by atoms with E-state index in [1.54, 1.807) is 25.1 Å². The molecule has 1 aromatic rings. The lowest BCUT2D eigenvalue weighted by atomic mass is 9.88. The summed E-state index contributed by atoms with van der Waals surface area (Å²) in [5, 5.41) is 16.3. The van der Waals surface area contributed by atoms with Crippen LogP contribution in [-0.2, 0) is 4.79 Å². The van der Waals surface area contributed by atoms with Gasteiger partial charge in [0.05, 0.1) is 18.6 Å². The number of hydrogen-bond acceptors (Lipinski definition) is 5. The smallest absolute Gasteiger partial charge is 0.303 e. The zero-order valence-corrected chi connectivity index (χ0v) is 15.7. The Bertz CT molecular complexity index is 874. The predicted molar refractivity (Wildman–Crippen MR) is 104 cm³/mol. The minimum atomic E-state index is -0.908. The van der Waals surface area contributed by atoms with Gasteiger partial charge in [-0.05, 0) is 38.0 Å². The fourth-order valence-corrected chi connectivity index (χ4v) is 3.34. The topological polar surface area (TPSA) is 123 Å². The maximum absolute atomic E-state index is 12.6. The second-order valence-corrected chi connectivity index (χ2v) is 7.44. The Morgan fingerprint density at radius 2 is 2.25 bits per heavy atom. The number of Topliss-reactive ketones (excluding diaryl/α,β-unsaturated/α-hetero) is 1. The molecule has 2 aliphatic rings. The van der Waals surface area contributed by atoms with Gasteiger partial charge in [0.15, 0.2) is 5.78 Å². The van der Waals surface area contributed by atoms with E-state index in [0.717, 1.165) is 12.0 Å². The average molecular weight is 384 g/mol. The molecule has 0 amide bonds. The number of carbonyl (C=O) groups excluding carboxylic acids is 1. The van der Waals surface area contributed by atoms with Crippen LogP contribution in [-0.4, -0.2) is 34.9 Å². The highest BCUT2D eigenvalue weighted by Gasteiger charge is 2.37. The van der Waals surface area contributed by atoms with E-state index in [2.05, 4.69) is 0 Å². The maximum atomic E-state index is 12.6. The van der Waals surface area contributed by atoms with Gasteiger partial charge in [0.25, 0.3) is 0 Å². The van der Waals surface area contributed by atoms with Crippen molar-refractivity contribution >= 4 is 17.6 Å². The Kier molecular flexibility index (Phi) is 5.53. The minimum Gasteiger partial charge on any atom is -0.493 e. The minimum absolute atomic E-state index is 0.0466. The number of aliphatic carboxylic acids is 1. The number of nitrogens with two attached hydrogens (primary N) is 1. The third-order valence-electron chi connectivity index (χ3n) is 4.97. The number of hydrogen-bond donors (Lipinski definition) is 3. The van der Waals surface area contributed by atoms with Crippen LogP contribution in [0.15, 0.2) is 42.0 Å². The molecular formula is C21H24N2O5. The number of carbonyl (C=O) groups is 2. The molecule has 2 atom stereocenters. The van der Waals surface area contributed by atoms with Crippen LogP contribution in [0.3, 0.4) is 0 Å². The SMILES string of the molecule is CC1(CCC(=O)O)CC(=O)c2cc(OCC3C=CC(C(=N)N)=CC3)ccc2O1. The van der Waals surface area contributed by atoms with Gasteiger partial charge < -0.3 is 20.3 Å². The van der Waals surface area contributed by atoms with Crippen LogP contribution in [0, 0.1) is 11.3 Å². The van der Waals surface area contributed by atoms with Crippen molar-refractivity contribution in [3.05, 3.63) is 47.6 Å². The predicted octanol–water partition coefficient (Wildman–Crippen LogP) is 3.09. The molecule has 28 heavy (non-hydrogen) atoms. The van der Waals surface area contributed by atoms with E-state index in [9.17, 15) is 9.59 Å². The summed E-state index contributed by atoms with van der Waals surface area (Å²) < 4.78 is 11.8.